The predicted molar refractivity (Wildman–Crippen MR) is 134 cm³/mol. The molecule has 1 aliphatic rings. The summed E-state index contributed by atoms with van der Waals surface area (Å²) in [4.78, 5) is 11.6. The number of phenolic OH excluding ortho intramolecular Hbond substituents is 1. The standard InChI is InChI=1S/C26H22ClFN6O/c1-14-9-18(12-21(14)30)33(2)26-32-24(16-3-4-17(13-29)20(28)10-16)23(25-31-7-8-34(25)26)15-5-6-19(27)22(35)11-15/h3-8,10-11,18,21,35H,1,9,12,30H2,2H3. The molecule has 2 atom stereocenters. The fourth-order valence-corrected chi connectivity index (χ4v) is 4.68. The Morgan fingerprint density at radius 3 is 2.71 bits per heavy atom. The second kappa shape index (κ2) is 8.69. The highest BCUT2D eigenvalue weighted by atomic mass is 35.5. The van der Waals surface area contributed by atoms with E-state index in [0.717, 1.165) is 18.4 Å². The highest BCUT2D eigenvalue weighted by Gasteiger charge is 2.31. The van der Waals surface area contributed by atoms with E-state index in [9.17, 15) is 14.8 Å². The minimum absolute atomic E-state index is 0.0582. The minimum atomic E-state index is -0.645. The summed E-state index contributed by atoms with van der Waals surface area (Å²) in [7, 11) is 1.94. The molecule has 2 aromatic heterocycles. The van der Waals surface area contributed by atoms with Gasteiger partial charge in [-0.15, -0.1) is 0 Å². The molecule has 2 aromatic carbocycles. The number of anilines is 1. The highest BCUT2D eigenvalue weighted by Crippen LogP contribution is 2.40. The second-order valence-electron chi connectivity index (χ2n) is 8.70. The van der Waals surface area contributed by atoms with Crippen LogP contribution in [0.5, 0.6) is 5.75 Å². The Hall–Kier alpha value is -3.93. The molecule has 0 saturated heterocycles. The molecule has 7 nitrogen and oxygen atoms in total. The van der Waals surface area contributed by atoms with Crippen LogP contribution in [0.4, 0.5) is 10.3 Å². The van der Waals surface area contributed by atoms with Gasteiger partial charge in [0.15, 0.2) is 0 Å². The molecule has 0 spiro atoms. The molecule has 35 heavy (non-hydrogen) atoms. The van der Waals surface area contributed by atoms with Crippen LogP contribution in [-0.4, -0.2) is 38.6 Å². The third-order valence-corrected chi connectivity index (χ3v) is 6.86. The van der Waals surface area contributed by atoms with E-state index in [1.54, 1.807) is 30.6 Å². The zero-order chi connectivity index (χ0) is 24.9. The lowest BCUT2D eigenvalue weighted by Crippen LogP contribution is -2.33. The fraction of sp³-hybridized carbons (Fsp3) is 0.192. The molecule has 2 heterocycles. The van der Waals surface area contributed by atoms with Crippen molar-refractivity contribution in [1.29, 1.82) is 5.26 Å². The topological polar surface area (TPSA) is 103 Å². The number of halogens is 2. The third-order valence-electron chi connectivity index (χ3n) is 6.54. The van der Waals surface area contributed by atoms with Gasteiger partial charge in [-0.1, -0.05) is 35.9 Å². The molecular formula is C26H22ClFN6O. The fourth-order valence-electron chi connectivity index (χ4n) is 4.57. The largest absolute Gasteiger partial charge is 0.506 e. The number of fused-ring (bicyclic) bond motifs is 1. The first-order valence-electron chi connectivity index (χ1n) is 11.0. The molecule has 0 bridgehead atoms. The number of nitriles is 1. The lowest BCUT2D eigenvalue weighted by molar-refractivity contribution is 0.476. The van der Waals surface area contributed by atoms with E-state index in [4.69, 9.17) is 22.3 Å². The summed E-state index contributed by atoms with van der Waals surface area (Å²) in [6, 6.07) is 11.1. The van der Waals surface area contributed by atoms with Crippen molar-refractivity contribution < 1.29 is 9.50 Å². The van der Waals surface area contributed by atoms with Crippen molar-refractivity contribution >= 4 is 23.2 Å². The van der Waals surface area contributed by atoms with Gasteiger partial charge in [0.25, 0.3) is 0 Å². The van der Waals surface area contributed by atoms with Crippen molar-refractivity contribution in [3.05, 3.63) is 77.3 Å². The molecule has 1 fully saturated rings. The molecule has 9 heteroatoms. The molecule has 0 radical (unpaired) electrons. The number of aromatic hydroxyl groups is 1. The van der Waals surface area contributed by atoms with Crippen LogP contribution in [0.3, 0.4) is 0 Å². The molecule has 176 valence electrons. The molecule has 1 aliphatic carbocycles. The van der Waals surface area contributed by atoms with E-state index in [0.29, 0.717) is 34.0 Å². The first-order valence-corrected chi connectivity index (χ1v) is 11.4. The Morgan fingerprint density at radius 1 is 1.29 bits per heavy atom. The number of nitrogens with zero attached hydrogens (tertiary/aromatic N) is 5. The molecule has 1 saturated carbocycles. The summed E-state index contributed by atoms with van der Waals surface area (Å²) in [5.74, 6) is -0.135. The molecule has 0 amide bonds. The Bertz CT molecular complexity index is 1520. The van der Waals surface area contributed by atoms with Crippen molar-refractivity contribution in [1.82, 2.24) is 14.4 Å². The van der Waals surface area contributed by atoms with Crippen LogP contribution < -0.4 is 10.6 Å². The highest BCUT2D eigenvalue weighted by molar-refractivity contribution is 6.32. The van der Waals surface area contributed by atoms with Gasteiger partial charge in [-0.25, -0.2) is 14.4 Å². The maximum absolute atomic E-state index is 14.7. The average molecular weight is 489 g/mol. The van der Waals surface area contributed by atoms with Gasteiger partial charge < -0.3 is 15.7 Å². The van der Waals surface area contributed by atoms with Gasteiger partial charge in [0, 0.05) is 37.1 Å². The van der Waals surface area contributed by atoms with Crippen LogP contribution >= 0.6 is 11.6 Å². The number of aromatic nitrogens is 3. The number of imidazole rings is 1. The number of phenols is 1. The molecule has 5 rings (SSSR count). The minimum Gasteiger partial charge on any atom is -0.506 e. The van der Waals surface area contributed by atoms with Crippen LogP contribution in [-0.2, 0) is 0 Å². The summed E-state index contributed by atoms with van der Waals surface area (Å²) in [6.45, 7) is 4.08. The lowest BCUT2D eigenvalue weighted by atomic mass is 9.98. The van der Waals surface area contributed by atoms with Crippen LogP contribution in [0.1, 0.15) is 18.4 Å². The Labute approximate surface area is 206 Å². The van der Waals surface area contributed by atoms with E-state index >= 15 is 0 Å². The Morgan fingerprint density at radius 2 is 2.06 bits per heavy atom. The van der Waals surface area contributed by atoms with Crippen molar-refractivity contribution in [3.8, 4) is 34.2 Å². The Balaban J connectivity index is 1.78. The van der Waals surface area contributed by atoms with Crippen LogP contribution in [0, 0.1) is 17.1 Å². The van der Waals surface area contributed by atoms with Crippen molar-refractivity contribution in [3.63, 3.8) is 0 Å². The van der Waals surface area contributed by atoms with E-state index in [1.165, 1.54) is 18.2 Å². The van der Waals surface area contributed by atoms with E-state index in [1.807, 2.05) is 22.4 Å². The zero-order valence-electron chi connectivity index (χ0n) is 18.9. The maximum atomic E-state index is 14.7. The van der Waals surface area contributed by atoms with E-state index < -0.39 is 5.82 Å². The maximum Gasteiger partial charge on any atom is 0.211 e. The summed E-state index contributed by atoms with van der Waals surface area (Å²) >= 11 is 6.05. The van der Waals surface area contributed by atoms with Gasteiger partial charge in [-0.2, -0.15) is 5.26 Å². The van der Waals surface area contributed by atoms with Crippen molar-refractivity contribution in [2.45, 2.75) is 24.9 Å². The van der Waals surface area contributed by atoms with Crippen molar-refractivity contribution in [2.75, 3.05) is 11.9 Å². The summed E-state index contributed by atoms with van der Waals surface area (Å²) in [5.41, 5.74) is 9.84. The lowest BCUT2D eigenvalue weighted by Gasteiger charge is -2.27. The summed E-state index contributed by atoms with van der Waals surface area (Å²) < 4.78 is 16.5. The number of nitrogens with two attached hydrogens (primary N) is 1. The molecule has 4 aromatic rings. The quantitative estimate of drug-likeness (QED) is 0.395. The van der Waals surface area contributed by atoms with Crippen molar-refractivity contribution in [2.24, 2.45) is 5.73 Å². The first-order chi connectivity index (χ1) is 16.8. The summed E-state index contributed by atoms with van der Waals surface area (Å²) in [6.07, 6.45) is 4.94. The molecule has 0 aliphatic heterocycles. The molecule has 2 unspecified atom stereocenters. The van der Waals surface area contributed by atoms with Gasteiger partial charge in [0.05, 0.1) is 21.8 Å². The Kier molecular flexibility index (Phi) is 5.67. The van der Waals surface area contributed by atoms with E-state index in [-0.39, 0.29) is 28.4 Å². The second-order valence-corrected chi connectivity index (χ2v) is 9.11. The number of hydrogen-bond acceptors (Lipinski definition) is 6. The number of rotatable bonds is 4. The zero-order valence-corrected chi connectivity index (χ0v) is 19.7. The SMILES string of the molecule is C=C1CC(N(C)c2nc(-c3ccc(C#N)c(F)c3)c(-c3ccc(Cl)c(O)c3)c3nccn23)CC1N. The average Bonchev–Trinajstić information content (AvgIpc) is 3.46. The van der Waals surface area contributed by atoms with E-state index in [2.05, 4.69) is 11.6 Å². The number of hydrogen-bond donors (Lipinski definition) is 2. The van der Waals surface area contributed by atoms with Gasteiger partial charge in [-0.05, 0) is 42.7 Å². The molecule has 3 N–H and O–H groups in total. The van der Waals surface area contributed by atoms with Gasteiger partial charge in [0.2, 0.25) is 5.95 Å². The monoisotopic (exact) mass is 488 g/mol. The smallest absolute Gasteiger partial charge is 0.211 e. The normalized spacial score (nSPS) is 17.6. The van der Waals surface area contributed by atoms with Gasteiger partial charge >= 0.3 is 0 Å². The molecular weight excluding hydrogens is 467 g/mol. The predicted octanol–water partition coefficient (Wildman–Crippen LogP) is 4.92. The third kappa shape index (κ3) is 3.89. The van der Waals surface area contributed by atoms with Crippen LogP contribution in [0.15, 0.2) is 60.9 Å². The van der Waals surface area contributed by atoms with Crippen LogP contribution in [0.25, 0.3) is 28.0 Å². The van der Waals surface area contributed by atoms with Gasteiger partial charge in [0.1, 0.15) is 23.3 Å². The van der Waals surface area contributed by atoms with Gasteiger partial charge in [-0.3, -0.25) is 4.40 Å². The van der Waals surface area contributed by atoms with Crippen LogP contribution in [0.2, 0.25) is 5.02 Å². The summed E-state index contributed by atoms with van der Waals surface area (Å²) in [5, 5.41) is 19.7. The first kappa shape index (κ1) is 22.8. The number of benzene rings is 2.